The highest BCUT2D eigenvalue weighted by Crippen LogP contribution is 2.34. The third-order valence-electron chi connectivity index (χ3n) is 2.45. The highest BCUT2D eigenvalue weighted by Gasteiger charge is 2.12. The van der Waals surface area contributed by atoms with Gasteiger partial charge in [-0.15, -0.1) is 0 Å². The lowest BCUT2D eigenvalue weighted by Gasteiger charge is -2.07. The molecule has 2 aromatic rings. The number of rotatable bonds is 2. The zero-order valence-electron chi connectivity index (χ0n) is 9.57. The van der Waals surface area contributed by atoms with E-state index in [1.165, 1.54) is 0 Å². The minimum Gasteiger partial charge on any atom is -0.264 e. The summed E-state index contributed by atoms with van der Waals surface area (Å²) < 4.78 is 1.76. The van der Waals surface area contributed by atoms with Crippen LogP contribution in [0.2, 0.25) is 0 Å². The molecule has 5 heteroatoms. The molecule has 19 heavy (non-hydrogen) atoms. The number of nitrogens with zero attached hydrogens (tertiary/aromatic N) is 2. The fourth-order valence-corrected chi connectivity index (χ4v) is 3.23. The number of hydrogen-bond donors (Lipinski definition) is 0. The molecule has 1 aromatic heterocycles. The predicted molar refractivity (Wildman–Crippen MR) is 84.4 cm³/mol. The Hall–Kier alpha value is -1.15. The third kappa shape index (κ3) is 3.24. The van der Waals surface area contributed by atoms with E-state index < -0.39 is 0 Å². The normalized spacial score (nSPS) is 11.7. The van der Waals surface area contributed by atoms with Crippen LogP contribution in [-0.4, -0.2) is 4.98 Å². The van der Waals surface area contributed by atoms with Crippen molar-refractivity contribution < 1.29 is 0 Å². The smallest absolute Gasteiger partial charge is 0.101 e. The molecule has 2 nitrogen and oxygen atoms in total. The number of nitriles is 1. The summed E-state index contributed by atoms with van der Waals surface area (Å²) in [6.45, 7) is 0. The third-order valence-corrected chi connectivity index (χ3v) is 3.99. The molecule has 0 unspecified atom stereocenters. The van der Waals surface area contributed by atoms with Crippen LogP contribution in [0.4, 0.5) is 0 Å². The van der Waals surface area contributed by atoms with Crippen LogP contribution in [0.25, 0.3) is 10.6 Å². The molecule has 0 saturated heterocycles. The van der Waals surface area contributed by atoms with Crippen molar-refractivity contribution in [1.82, 2.24) is 4.98 Å². The van der Waals surface area contributed by atoms with Gasteiger partial charge in [0.2, 0.25) is 0 Å². The van der Waals surface area contributed by atoms with Gasteiger partial charge < -0.3 is 0 Å². The van der Waals surface area contributed by atoms with Gasteiger partial charge in [-0.3, -0.25) is 4.98 Å². The topological polar surface area (TPSA) is 36.7 Å². The van der Waals surface area contributed by atoms with E-state index >= 15 is 0 Å². The Kier molecular flexibility index (Phi) is 4.76. The van der Waals surface area contributed by atoms with Crippen LogP contribution in [0, 0.1) is 11.3 Å². The van der Waals surface area contributed by atoms with Gasteiger partial charge in [-0.2, -0.15) is 5.26 Å². The molecule has 0 amide bonds. The van der Waals surface area contributed by atoms with E-state index in [1.807, 2.05) is 18.2 Å². The summed E-state index contributed by atoms with van der Waals surface area (Å²) in [4.78, 5) is 4.00. The van der Waals surface area contributed by atoms with Crippen LogP contribution in [0.1, 0.15) is 11.1 Å². The van der Waals surface area contributed by atoms with E-state index in [0.29, 0.717) is 16.2 Å². The first kappa shape index (κ1) is 14.3. The summed E-state index contributed by atoms with van der Waals surface area (Å²) in [5.41, 5.74) is 1.87. The van der Waals surface area contributed by atoms with Gasteiger partial charge in [0, 0.05) is 32.5 Å². The largest absolute Gasteiger partial charge is 0.264 e. The Morgan fingerprint density at radius 3 is 2.63 bits per heavy atom. The Bertz CT molecular complexity index is 676. The van der Waals surface area contributed by atoms with Crippen LogP contribution in [0.15, 0.2) is 51.7 Å². The van der Waals surface area contributed by atoms with E-state index in [4.69, 9.17) is 11.6 Å². The second kappa shape index (κ2) is 6.33. The second-order valence-corrected chi connectivity index (χ2v) is 5.81. The number of pyridine rings is 1. The van der Waals surface area contributed by atoms with Gasteiger partial charge in [-0.05, 0) is 18.2 Å². The standard InChI is InChI=1S/C14H7Br2ClN2/c15-10-3-4-11(13(16)6-10)14(17)12(7-18)9-2-1-5-19-8-9/h1-6,8H/b14-12-. The molecule has 0 saturated carbocycles. The maximum absolute atomic E-state index is 9.31. The van der Waals surface area contributed by atoms with E-state index in [2.05, 4.69) is 42.9 Å². The van der Waals surface area contributed by atoms with Gasteiger partial charge >= 0.3 is 0 Å². The molecule has 2 rings (SSSR count). The quantitative estimate of drug-likeness (QED) is 0.649. The zero-order chi connectivity index (χ0) is 13.8. The zero-order valence-corrected chi connectivity index (χ0v) is 13.5. The van der Waals surface area contributed by atoms with Gasteiger partial charge in [0.05, 0.1) is 10.6 Å². The lowest BCUT2D eigenvalue weighted by Crippen LogP contribution is -1.88. The summed E-state index contributed by atoms with van der Waals surface area (Å²) in [5, 5.41) is 9.71. The number of aromatic nitrogens is 1. The lowest BCUT2D eigenvalue weighted by molar-refractivity contribution is 1.31. The van der Waals surface area contributed by atoms with Crippen molar-refractivity contribution in [2.45, 2.75) is 0 Å². The molecule has 0 fully saturated rings. The Morgan fingerprint density at radius 2 is 2.05 bits per heavy atom. The molecule has 1 aromatic carbocycles. The Labute approximate surface area is 133 Å². The van der Waals surface area contributed by atoms with Crippen LogP contribution in [0.5, 0.6) is 0 Å². The Balaban J connectivity index is 2.59. The van der Waals surface area contributed by atoms with Crippen molar-refractivity contribution in [2.24, 2.45) is 0 Å². The molecule has 0 aliphatic heterocycles. The van der Waals surface area contributed by atoms with E-state index in [0.717, 1.165) is 14.5 Å². The summed E-state index contributed by atoms with van der Waals surface area (Å²) >= 11 is 13.2. The summed E-state index contributed by atoms with van der Waals surface area (Å²) in [5.74, 6) is 0. The van der Waals surface area contributed by atoms with E-state index in [9.17, 15) is 5.26 Å². The van der Waals surface area contributed by atoms with Gasteiger partial charge in [0.1, 0.15) is 6.07 Å². The SMILES string of the molecule is N#C/C(=C(/Cl)c1ccc(Br)cc1Br)c1cccnc1. The molecular weight excluding hydrogens is 391 g/mol. The first-order valence-electron chi connectivity index (χ1n) is 5.29. The molecular formula is C14H7Br2ClN2. The molecule has 1 heterocycles. The van der Waals surface area contributed by atoms with E-state index in [-0.39, 0.29) is 0 Å². The minimum absolute atomic E-state index is 0.398. The van der Waals surface area contributed by atoms with Crippen molar-refractivity contribution in [1.29, 1.82) is 5.26 Å². The highest BCUT2D eigenvalue weighted by molar-refractivity contribution is 9.11. The predicted octanol–water partition coefficient (Wildman–Crippen LogP) is 5.24. The second-order valence-electron chi connectivity index (χ2n) is 3.67. The first-order valence-corrected chi connectivity index (χ1v) is 7.25. The first-order chi connectivity index (χ1) is 9.13. The lowest BCUT2D eigenvalue weighted by atomic mass is 10.1. The van der Waals surface area contributed by atoms with Crippen molar-refractivity contribution in [2.75, 3.05) is 0 Å². The van der Waals surface area contributed by atoms with Crippen LogP contribution >= 0.6 is 43.5 Å². The molecule has 0 aliphatic rings. The maximum atomic E-state index is 9.31. The van der Waals surface area contributed by atoms with Gasteiger partial charge in [0.25, 0.3) is 0 Å². The van der Waals surface area contributed by atoms with Crippen LogP contribution < -0.4 is 0 Å². The fourth-order valence-electron chi connectivity index (χ4n) is 1.55. The van der Waals surface area contributed by atoms with Gasteiger partial charge in [0.15, 0.2) is 0 Å². The number of halogens is 3. The molecule has 0 atom stereocenters. The summed E-state index contributed by atoms with van der Waals surface area (Å²) in [6, 6.07) is 11.3. The van der Waals surface area contributed by atoms with Crippen LogP contribution in [0.3, 0.4) is 0 Å². The molecule has 0 radical (unpaired) electrons. The number of allylic oxidation sites excluding steroid dienone is 1. The Morgan fingerprint density at radius 1 is 1.26 bits per heavy atom. The molecule has 94 valence electrons. The van der Waals surface area contributed by atoms with E-state index in [1.54, 1.807) is 24.5 Å². The molecule has 0 bridgehead atoms. The maximum Gasteiger partial charge on any atom is 0.101 e. The molecule has 0 N–H and O–H groups in total. The minimum atomic E-state index is 0.398. The van der Waals surface area contributed by atoms with Crippen molar-refractivity contribution in [3.8, 4) is 6.07 Å². The average Bonchev–Trinajstić information content (AvgIpc) is 2.40. The van der Waals surface area contributed by atoms with Crippen molar-refractivity contribution in [3.63, 3.8) is 0 Å². The van der Waals surface area contributed by atoms with Crippen molar-refractivity contribution >= 4 is 54.1 Å². The fraction of sp³-hybridized carbons (Fsp3) is 0. The summed E-state index contributed by atoms with van der Waals surface area (Å²) in [7, 11) is 0. The monoisotopic (exact) mass is 396 g/mol. The highest BCUT2D eigenvalue weighted by atomic mass is 79.9. The summed E-state index contributed by atoms with van der Waals surface area (Å²) in [6.07, 6.45) is 3.27. The molecule has 0 spiro atoms. The number of benzene rings is 1. The van der Waals surface area contributed by atoms with Crippen LogP contribution in [-0.2, 0) is 0 Å². The van der Waals surface area contributed by atoms with Gasteiger partial charge in [-0.25, -0.2) is 0 Å². The molecule has 0 aliphatic carbocycles. The van der Waals surface area contributed by atoms with Gasteiger partial charge in [-0.1, -0.05) is 55.6 Å². The van der Waals surface area contributed by atoms with Crippen molar-refractivity contribution in [3.05, 3.63) is 62.8 Å². The average molecular weight is 398 g/mol. The number of hydrogen-bond acceptors (Lipinski definition) is 2.